The van der Waals surface area contributed by atoms with Gasteiger partial charge in [-0.1, -0.05) is 0 Å². The molecule has 1 spiro atoms. The van der Waals surface area contributed by atoms with Gasteiger partial charge < -0.3 is 25.2 Å². The van der Waals surface area contributed by atoms with E-state index >= 15 is 0 Å². The zero-order valence-electron chi connectivity index (χ0n) is 18.8. The lowest BCUT2D eigenvalue weighted by molar-refractivity contribution is -0.193. The largest absolute Gasteiger partial charge is 0.490 e. The van der Waals surface area contributed by atoms with Crippen LogP contribution in [0, 0.1) is 11.7 Å². The number of anilines is 1. The van der Waals surface area contributed by atoms with Crippen molar-refractivity contribution in [2.24, 2.45) is 5.92 Å². The average molecular weight is 534 g/mol. The summed E-state index contributed by atoms with van der Waals surface area (Å²) in [5, 5.41) is 17.5. The topological polar surface area (TPSA) is 125 Å². The number of nitrogens with zero attached hydrogens (tertiary/aromatic N) is 3. The number of piperidine rings is 1. The summed E-state index contributed by atoms with van der Waals surface area (Å²) in [5.41, 5.74) is -0.00909. The Bertz CT molecular complexity index is 857. The molecule has 0 aromatic carbocycles. The van der Waals surface area contributed by atoms with Gasteiger partial charge in [-0.15, -0.1) is 0 Å². The Morgan fingerprint density at radius 2 is 1.61 bits per heavy atom. The predicted molar refractivity (Wildman–Crippen MR) is 108 cm³/mol. The molecule has 1 aromatic rings. The summed E-state index contributed by atoms with van der Waals surface area (Å²) < 4.78 is 82.5. The number of nitrogens with one attached hydrogen (secondary N) is 1. The number of hydrogen-bond donors (Lipinski definition) is 3. The van der Waals surface area contributed by atoms with Gasteiger partial charge in [0.25, 0.3) is 0 Å². The van der Waals surface area contributed by atoms with Crippen LogP contribution in [-0.2, 0) is 14.3 Å². The normalized spacial score (nSPS) is 24.2. The Labute approximate surface area is 200 Å². The fraction of sp³-hybridized carbons (Fsp3) is 0.700. The van der Waals surface area contributed by atoms with Crippen molar-refractivity contribution in [1.82, 2.24) is 14.9 Å². The zero-order valence-corrected chi connectivity index (χ0v) is 18.8. The molecule has 3 aliphatic rings. The molecule has 4 rings (SSSR count). The average Bonchev–Trinajstić information content (AvgIpc) is 3.50. The highest BCUT2D eigenvalue weighted by atomic mass is 19.4. The highest BCUT2D eigenvalue weighted by Crippen LogP contribution is 2.37. The van der Waals surface area contributed by atoms with E-state index in [0.29, 0.717) is 12.6 Å². The standard InChI is InChI=1S/C16H23FN4O.2C2HF3O2/c17-13-7-18-15(19-8-13)20-14-6-16(22-10-14)4-1-5-21(11-16)9-12-2-3-12;2*3-2(4,5)1(6)7/h7-8,12,14H,1-6,9-11H2,(H,18,19,20);2*(H,6,7). The van der Waals surface area contributed by atoms with Gasteiger partial charge in [-0.3, -0.25) is 0 Å². The quantitative estimate of drug-likeness (QED) is 0.499. The van der Waals surface area contributed by atoms with Gasteiger partial charge in [0.05, 0.1) is 30.6 Å². The molecule has 0 radical (unpaired) electrons. The minimum Gasteiger partial charge on any atom is -0.475 e. The minimum atomic E-state index is -5.08. The molecule has 1 aliphatic carbocycles. The summed E-state index contributed by atoms with van der Waals surface area (Å²) in [5.74, 6) is -4.51. The van der Waals surface area contributed by atoms with Crippen LogP contribution in [0.3, 0.4) is 0 Å². The molecule has 3 fully saturated rings. The third-order valence-corrected chi connectivity index (χ3v) is 5.48. The third-order valence-electron chi connectivity index (χ3n) is 5.48. The second-order valence-electron chi connectivity index (χ2n) is 8.65. The van der Waals surface area contributed by atoms with Gasteiger partial charge in [-0.05, 0) is 38.1 Å². The Balaban J connectivity index is 0.000000271. The lowest BCUT2D eigenvalue weighted by atomic mass is 9.88. The fourth-order valence-corrected chi connectivity index (χ4v) is 3.80. The van der Waals surface area contributed by atoms with E-state index in [1.807, 2.05) is 0 Å². The Morgan fingerprint density at radius 3 is 2.08 bits per heavy atom. The number of halogens is 7. The van der Waals surface area contributed by atoms with Crippen LogP contribution >= 0.6 is 0 Å². The van der Waals surface area contributed by atoms with Crippen LogP contribution in [0.1, 0.15) is 32.1 Å². The minimum absolute atomic E-state index is 0.00909. The molecule has 3 N–H and O–H groups in total. The van der Waals surface area contributed by atoms with Crippen molar-refractivity contribution < 1.29 is 55.3 Å². The second-order valence-corrected chi connectivity index (χ2v) is 8.65. The molecular weight excluding hydrogens is 509 g/mol. The Hall–Kier alpha value is -2.75. The van der Waals surface area contributed by atoms with Crippen molar-refractivity contribution in [3.8, 4) is 0 Å². The summed E-state index contributed by atoms with van der Waals surface area (Å²) in [7, 11) is 0. The van der Waals surface area contributed by atoms with Crippen LogP contribution in [0.15, 0.2) is 12.4 Å². The number of carboxylic acids is 2. The second kappa shape index (κ2) is 12.0. The number of aliphatic carboxylic acids is 2. The van der Waals surface area contributed by atoms with Gasteiger partial charge in [0.1, 0.15) is 0 Å². The monoisotopic (exact) mass is 534 g/mol. The Morgan fingerprint density at radius 1 is 1.08 bits per heavy atom. The number of aromatic nitrogens is 2. The van der Waals surface area contributed by atoms with E-state index < -0.39 is 30.1 Å². The number of rotatable bonds is 4. The molecule has 1 aromatic heterocycles. The molecule has 2 unspecified atom stereocenters. The van der Waals surface area contributed by atoms with Crippen LogP contribution in [0.25, 0.3) is 0 Å². The first-order valence-electron chi connectivity index (χ1n) is 10.8. The van der Waals surface area contributed by atoms with E-state index in [2.05, 4.69) is 20.2 Å². The third kappa shape index (κ3) is 10.1. The van der Waals surface area contributed by atoms with Crippen LogP contribution in [0.5, 0.6) is 0 Å². The number of hydrogen-bond acceptors (Lipinski definition) is 7. The molecule has 16 heteroatoms. The first kappa shape index (κ1) is 29.5. The van der Waals surface area contributed by atoms with E-state index in [4.69, 9.17) is 24.5 Å². The molecule has 2 aliphatic heterocycles. The SMILES string of the molecule is Fc1cnc(NC2COC3(CCCN(CC4CC4)C3)C2)nc1.O=C(O)C(F)(F)F.O=C(O)C(F)(F)F. The Kier molecular flexibility index (Phi) is 9.82. The molecule has 36 heavy (non-hydrogen) atoms. The smallest absolute Gasteiger partial charge is 0.475 e. The molecule has 2 saturated heterocycles. The maximum Gasteiger partial charge on any atom is 0.490 e. The zero-order chi connectivity index (χ0) is 27.1. The number of ether oxygens (including phenoxy) is 1. The fourth-order valence-electron chi connectivity index (χ4n) is 3.80. The molecule has 0 amide bonds. The maximum absolute atomic E-state index is 12.9. The van der Waals surface area contributed by atoms with E-state index in [9.17, 15) is 30.7 Å². The van der Waals surface area contributed by atoms with E-state index in [0.717, 1.165) is 25.3 Å². The lowest BCUT2D eigenvalue weighted by Gasteiger charge is -2.39. The number of carbonyl (C=O) groups is 2. The summed E-state index contributed by atoms with van der Waals surface area (Å²) >= 11 is 0. The van der Waals surface area contributed by atoms with Gasteiger partial charge in [-0.25, -0.2) is 23.9 Å². The highest BCUT2D eigenvalue weighted by Gasteiger charge is 2.44. The molecule has 0 bridgehead atoms. The molecule has 3 heterocycles. The van der Waals surface area contributed by atoms with E-state index in [1.165, 1.54) is 44.7 Å². The van der Waals surface area contributed by atoms with Crippen LogP contribution in [0.4, 0.5) is 36.7 Å². The van der Waals surface area contributed by atoms with Crippen LogP contribution in [-0.4, -0.2) is 87.3 Å². The van der Waals surface area contributed by atoms with Crippen molar-refractivity contribution in [2.45, 2.75) is 56.1 Å². The predicted octanol–water partition coefficient (Wildman–Crippen LogP) is 3.33. The molecule has 2 atom stereocenters. The first-order valence-corrected chi connectivity index (χ1v) is 10.8. The van der Waals surface area contributed by atoms with Crippen molar-refractivity contribution in [3.63, 3.8) is 0 Å². The summed E-state index contributed by atoms with van der Waals surface area (Å²) in [6.07, 6.45) is -1.65. The van der Waals surface area contributed by atoms with Gasteiger partial charge in [-0.2, -0.15) is 26.3 Å². The highest BCUT2D eigenvalue weighted by molar-refractivity contribution is 5.73. The molecule has 204 valence electrons. The van der Waals surface area contributed by atoms with Gasteiger partial charge in [0, 0.05) is 19.5 Å². The lowest BCUT2D eigenvalue weighted by Crippen LogP contribution is -2.48. The van der Waals surface area contributed by atoms with Gasteiger partial charge in [0.2, 0.25) is 5.95 Å². The first-order chi connectivity index (χ1) is 16.6. The molecular formula is C20H25F7N4O5. The van der Waals surface area contributed by atoms with Crippen molar-refractivity contribution >= 4 is 17.9 Å². The summed E-state index contributed by atoms with van der Waals surface area (Å²) in [6.45, 7) is 4.18. The van der Waals surface area contributed by atoms with Gasteiger partial charge in [0.15, 0.2) is 5.82 Å². The molecule has 1 saturated carbocycles. The van der Waals surface area contributed by atoms with Crippen LogP contribution in [0.2, 0.25) is 0 Å². The van der Waals surface area contributed by atoms with Crippen molar-refractivity contribution in [2.75, 3.05) is 31.6 Å². The number of alkyl halides is 6. The van der Waals surface area contributed by atoms with Gasteiger partial charge >= 0.3 is 24.3 Å². The molecule has 9 nitrogen and oxygen atoms in total. The maximum atomic E-state index is 12.9. The van der Waals surface area contributed by atoms with Crippen LogP contribution < -0.4 is 5.32 Å². The van der Waals surface area contributed by atoms with Crippen molar-refractivity contribution in [1.29, 1.82) is 0 Å². The summed E-state index contributed by atoms with van der Waals surface area (Å²) in [4.78, 5) is 28.3. The number of carboxylic acid groups (broad SMARTS) is 2. The number of likely N-dealkylation sites (tertiary alicyclic amines) is 1. The van der Waals surface area contributed by atoms with Crippen molar-refractivity contribution in [3.05, 3.63) is 18.2 Å². The summed E-state index contributed by atoms with van der Waals surface area (Å²) in [6, 6.07) is 0.214. The van der Waals surface area contributed by atoms with E-state index in [-0.39, 0.29) is 11.6 Å². The van der Waals surface area contributed by atoms with E-state index in [1.54, 1.807) is 0 Å².